The van der Waals surface area contributed by atoms with Gasteiger partial charge in [-0.25, -0.2) is 9.97 Å². The Morgan fingerprint density at radius 1 is 1.26 bits per heavy atom. The summed E-state index contributed by atoms with van der Waals surface area (Å²) in [7, 11) is 0. The molecule has 2 aromatic rings. The molecular formula is C15H18N2O2. The summed E-state index contributed by atoms with van der Waals surface area (Å²) in [6, 6.07) is 7.87. The topological polar surface area (TPSA) is 55.2 Å². The molecule has 4 heteroatoms. The predicted molar refractivity (Wildman–Crippen MR) is 74.2 cm³/mol. The van der Waals surface area contributed by atoms with E-state index in [2.05, 4.69) is 16.0 Å². The second-order valence-electron chi connectivity index (χ2n) is 4.25. The summed E-state index contributed by atoms with van der Waals surface area (Å²) in [4.78, 5) is 8.57. The monoisotopic (exact) mass is 258 g/mol. The fourth-order valence-electron chi connectivity index (χ4n) is 1.91. The van der Waals surface area contributed by atoms with Crippen LogP contribution in [0.3, 0.4) is 0 Å². The molecule has 0 bridgehead atoms. The summed E-state index contributed by atoms with van der Waals surface area (Å²) >= 11 is 0. The van der Waals surface area contributed by atoms with E-state index in [0.717, 1.165) is 22.6 Å². The van der Waals surface area contributed by atoms with Crippen molar-refractivity contribution in [1.29, 1.82) is 0 Å². The molecule has 1 N–H and O–H groups in total. The number of hydrogen-bond donors (Lipinski definition) is 1. The van der Waals surface area contributed by atoms with E-state index in [-0.39, 0.29) is 6.61 Å². The van der Waals surface area contributed by atoms with Gasteiger partial charge in [0.2, 0.25) is 0 Å². The van der Waals surface area contributed by atoms with Crippen molar-refractivity contribution in [3.05, 3.63) is 41.9 Å². The third-order valence-electron chi connectivity index (χ3n) is 2.81. The Kier molecular flexibility index (Phi) is 4.47. The quantitative estimate of drug-likeness (QED) is 0.894. The number of aromatic nitrogens is 2. The number of aliphatic hydroxyl groups is 1. The Balaban J connectivity index is 2.31. The maximum atomic E-state index is 8.92. The highest BCUT2D eigenvalue weighted by Crippen LogP contribution is 2.25. The van der Waals surface area contributed by atoms with E-state index in [4.69, 9.17) is 9.84 Å². The third-order valence-corrected chi connectivity index (χ3v) is 2.81. The number of benzene rings is 1. The number of ether oxygens (including phenoxy) is 1. The van der Waals surface area contributed by atoms with Gasteiger partial charge in [0.1, 0.15) is 11.6 Å². The lowest BCUT2D eigenvalue weighted by molar-refractivity contribution is 0.296. The van der Waals surface area contributed by atoms with Crippen LogP contribution >= 0.6 is 0 Å². The van der Waals surface area contributed by atoms with Crippen LogP contribution in [0.1, 0.15) is 18.3 Å². The van der Waals surface area contributed by atoms with Gasteiger partial charge in [-0.05, 0) is 43.7 Å². The fraction of sp³-hybridized carbons (Fsp3) is 0.333. The smallest absolute Gasteiger partial charge is 0.131 e. The zero-order valence-corrected chi connectivity index (χ0v) is 11.3. The van der Waals surface area contributed by atoms with Gasteiger partial charge in [-0.1, -0.05) is 0 Å². The number of rotatable bonds is 5. The zero-order valence-electron chi connectivity index (χ0n) is 11.3. The molecule has 4 nitrogen and oxygen atoms in total. The van der Waals surface area contributed by atoms with Gasteiger partial charge in [0, 0.05) is 18.2 Å². The van der Waals surface area contributed by atoms with Gasteiger partial charge >= 0.3 is 0 Å². The number of aliphatic hydroxyl groups excluding tert-OH is 1. The molecule has 0 aliphatic carbocycles. The minimum atomic E-state index is 0.0613. The molecule has 0 radical (unpaired) electrons. The lowest BCUT2D eigenvalue weighted by atomic mass is 10.1. The van der Waals surface area contributed by atoms with E-state index >= 15 is 0 Å². The molecule has 0 aliphatic heterocycles. The summed E-state index contributed by atoms with van der Waals surface area (Å²) < 4.78 is 5.52. The predicted octanol–water partition coefficient (Wildman–Crippen LogP) is 2.39. The highest BCUT2D eigenvalue weighted by Gasteiger charge is 2.05. The second-order valence-corrected chi connectivity index (χ2v) is 4.25. The van der Waals surface area contributed by atoms with Gasteiger partial charge in [-0.2, -0.15) is 0 Å². The van der Waals surface area contributed by atoms with Crippen molar-refractivity contribution in [3.63, 3.8) is 0 Å². The van der Waals surface area contributed by atoms with Crippen molar-refractivity contribution < 1.29 is 9.84 Å². The van der Waals surface area contributed by atoms with Gasteiger partial charge in [0.25, 0.3) is 0 Å². The first-order valence-corrected chi connectivity index (χ1v) is 6.41. The van der Waals surface area contributed by atoms with Crippen LogP contribution in [0.25, 0.3) is 11.3 Å². The largest absolute Gasteiger partial charge is 0.494 e. The van der Waals surface area contributed by atoms with Crippen molar-refractivity contribution in [2.24, 2.45) is 0 Å². The Morgan fingerprint density at radius 3 is 2.79 bits per heavy atom. The average Bonchev–Trinajstić information content (AvgIpc) is 2.42. The van der Waals surface area contributed by atoms with Crippen molar-refractivity contribution in [2.45, 2.75) is 20.3 Å². The molecule has 1 aromatic carbocycles. The first-order chi connectivity index (χ1) is 9.24. The van der Waals surface area contributed by atoms with Crippen LogP contribution in [0.5, 0.6) is 5.75 Å². The van der Waals surface area contributed by atoms with E-state index in [1.54, 1.807) is 6.20 Å². The van der Waals surface area contributed by atoms with Gasteiger partial charge in [-0.15, -0.1) is 0 Å². The molecule has 0 fully saturated rings. The van der Waals surface area contributed by atoms with Gasteiger partial charge in [0.05, 0.1) is 18.9 Å². The Bertz CT molecular complexity index is 556. The molecule has 1 aromatic heterocycles. The average molecular weight is 258 g/mol. The van der Waals surface area contributed by atoms with E-state index in [0.29, 0.717) is 18.9 Å². The van der Waals surface area contributed by atoms with Crippen molar-refractivity contribution in [2.75, 3.05) is 13.2 Å². The van der Waals surface area contributed by atoms with E-state index in [9.17, 15) is 0 Å². The fourth-order valence-corrected chi connectivity index (χ4v) is 1.91. The lowest BCUT2D eigenvalue weighted by Gasteiger charge is -2.09. The summed E-state index contributed by atoms with van der Waals surface area (Å²) in [5, 5.41) is 8.92. The molecule has 0 spiro atoms. The van der Waals surface area contributed by atoms with Crippen molar-refractivity contribution >= 4 is 0 Å². The molecule has 0 unspecified atom stereocenters. The normalized spacial score (nSPS) is 10.5. The first kappa shape index (κ1) is 13.5. The highest BCUT2D eigenvalue weighted by atomic mass is 16.5. The molecule has 0 aliphatic rings. The van der Waals surface area contributed by atoms with Crippen molar-refractivity contribution in [3.8, 4) is 17.0 Å². The Labute approximate surface area is 113 Å². The second kappa shape index (κ2) is 6.29. The summed E-state index contributed by atoms with van der Waals surface area (Å²) in [5.41, 5.74) is 2.98. The summed E-state index contributed by atoms with van der Waals surface area (Å²) in [5.74, 6) is 1.56. The molecule has 0 atom stereocenters. The van der Waals surface area contributed by atoms with Crippen LogP contribution < -0.4 is 4.74 Å². The van der Waals surface area contributed by atoms with Crippen LogP contribution in [0.15, 0.2) is 30.5 Å². The van der Waals surface area contributed by atoms with Crippen LogP contribution in [-0.4, -0.2) is 28.3 Å². The van der Waals surface area contributed by atoms with E-state index < -0.39 is 0 Å². The Hall–Kier alpha value is -1.94. The maximum Gasteiger partial charge on any atom is 0.131 e. The molecule has 2 rings (SSSR count). The number of hydrogen-bond acceptors (Lipinski definition) is 4. The Morgan fingerprint density at radius 2 is 2.11 bits per heavy atom. The maximum absolute atomic E-state index is 8.92. The SMILES string of the molecule is CCOc1ccc(-c2ccnc(CCO)n2)cc1C. The molecular weight excluding hydrogens is 240 g/mol. The van der Waals surface area contributed by atoms with Crippen LogP contribution in [0.4, 0.5) is 0 Å². The summed E-state index contributed by atoms with van der Waals surface area (Å²) in [6.45, 7) is 4.71. The number of aryl methyl sites for hydroxylation is 1. The van der Waals surface area contributed by atoms with Gasteiger partial charge in [-0.3, -0.25) is 0 Å². The van der Waals surface area contributed by atoms with Gasteiger partial charge < -0.3 is 9.84 Å². The van der Waals surface area contributed by atoms with Crippen molar-refractivity contribution in [1.82, 2.24) is 9.97 Å². The first-order valence-electron chi connectivity index (χ1n) is 6.41. The minimum absolute atomic E-state index is 0.0613. The third kappa shape index (κ3) is 3.29. The van der Waals surface area contributed by atoms with Crippen LogP contribution in [-0.2, 0) is 6.42 Å². The van der Waals surface area contributed by atoms with E-state index in [1.807, 2.05) is 32.0 Å². The molecule has 0 saturated carbocycles. The van der Waals surface area contributed by atoms with Gasteiger partial charge in [0.15, 0.2) is 0 Å². The zero-order chi connectivity index (χ0) is 13.7. The lowest BCUT2D eigenvalue weighted by Crippen LogP contribution is -1.99. The minimum Gasteiger partial charge on any atom is -0.494 e. The molecule has 0 saturated heterocycles. The van der Waals surface area contributed by atoms with Crippen LogP contribution in [0, 0.1) is 6.92 Å². The van der Waals surface area contributed by atoms with Crippen LogP contribution in [0.2, 0.25) is 0 Å². The standard InChI is InChI=1S/C15H18N2O2/c1-3-19-14-5-4-12(10-11(14)2)13-6-8-16-15(17-13)7-9-18/h4-6,8,10,18H,3,7,9H2,1-2H3. The highest BCUT2D eigenvalue weighted by molar-refractivity contribution is 5.61. The summed E-state index contributed by atoms with van der Waals surface area (Å²) in [6.07, 6.45) is 2.20. The molecule has 19 heavy (non-hydrogen) atoms. The number of nitrogens with zero attached hydrogens (tertiary/aromatic N) is 2. The van der Waals surface area contributed by atoms with E-state index in [1.165, 1.54) is 0 Å². The molecule has 100 valence electrons. The molecule has 0 amide bonds. The molecule has 1 heterocycles.